The molecular weight excluding hydrogens is 284 g/mol. The van der Waals surface area contributed by atoms with Crippen molar-refractivity contribution in [1.82, 2.24) is 5.32 Å². The van der Waals surface area contributed by atoms with Crippen LogP contribution in [0.4, 0.5) is 0 Å². The minimum atomic E-state index is -0.452. The maximum Gasteiger partial charge on any atom is 0.237 e. The van der Waals surface area contributed by atoms with Crippen LogP contribution in [0.15, 0.2) is 60.7 Å². The normalized spacial score (nSPS) is 13.6. The molecule has 0 saturated heterocycles. The third-order valence-corrected chi connectivity index (χ3v) is 4.44. The van der Waals surface area contributed by atoms with Gasteiger partial charge in [-0.25, -0.2) is 0 Å². The standard InChI is InChI=1S/C20H26N2O/c1-3-15(2)19(21)20(23)22-14-18(16-10-6-4-7-11-16)17-12-8-5-9-13-17/h4-13,15,18-19H,3,14,21H2,1-2H3,(H,22,23). The Balaban J connectivity index is 2.12. The highest BCUT2D eigenvalue weighted by Gasteiger charge is 2.21. The highest BCUT2D eigenvalue weighted by molar-refractivity contribution is 5.81. The lowest BCUT2D eigenvalue weighted by Crippen LogP contribution is -2.45. The van der Waals surface area contributed by atoms with Gasteiger partial charge in [0.1, 0.15) is 0 Å². The van der Waals surface area contributed by atoms with Gasteiger partial charge in [0.05, 0.1) is 6.04 Å². The summed E-state index contributed by atoms with van der Waals surface area (Å²) in [6, 6.07) is 20.0. The largest absolute Gasteiger partial charge is 0.354 e. The molecule has 0 fully saturated rings. The van der Waals surface area contributed by atoms with E-state index in [1.807, 2.05) is 43.3 Å². The lowest BCUT2D eigenvalue weighted by atomic mass is 9.91. The average molecular weight is 310 g/mol. The minimum Gasteiger partial charge on any atom is -0.354 e. The molecule has 0 heterocycles. The van der Waals surface area contributed by atoms with Crippen LogP contribution in [-0.4, -0.2) is 18.5 Å². The van der Waals surface area contributed by atoms with Crippen LogP contribution in [0.5, 0.6) is 0 Å². The first kappa shape index (κ1) is 17.2. The lowest BCUT2D eigenvalue weighted by Gasteiger charge is -2.22. The third kappa shape index (κ3) is 4.67. The number of nitrogens with two attached hydrogens (primary N) is 1. The molecule has 0 bridgehead atoms. The van der Waals surface area contributed by atoms with E-state index in [9.17, 15) is 4.79 Å². The molecule has 0 aliphatic heterocycles. The molecule has 2 rings (SSSR count). The van der Waals surface area contributed by atoms with Gasteiger partial charge in [-0.1, -0.05) is 80.9 Å². The summed E-state index contributed by atoms with van der Waals surface area (Å²) in [5.41, 5.74) is 8.40. The van der Waals surface area contributed by atoms with Crippen molar-refractivity contribution in [3.63, 3.8) is 0 Å². The Morgan fingerprint density at radius 1 is 1.00 bits per heavy atom. The Hall–Kier alpha value is -2.13. The van der Waals surface area contributed by atoms with E-state index in [0.717, 1.165) is 6.42 Å². The van der Waals surface area contributed by atoms with Crippen molar-refractivity contribution in [3.05, 3.63) is 71.8 Å². The number of nitrogens with one attached hydrogen (secondary N) is 1. The zero-order valence-corrected chi connectivity index (χ0v) is 13.9. The van der Waals surface area contributed by atoms with Crippen molar-refractivity contribution >= 4 is 5.91 Å². The third-order valence-electron chi connectivity index (χ3n) is 4.44. The summed E-state index contributed by atoms with van der Waals surface area (Å²) < 4.78 is 0. The van der Waals surface area contributed by atoms with Crippen molar-refractivity contribution < 1.29 is 4.79 Å². The topological polar surface area (TPSA) is 55.1 Å². The van der Waals surface area contributed by atoms with Gasteiger partial charge >= 0.3 is 0 Å². The molecule has 0 aliphatic carbocycles. The van der Waals surface area contributed by atoms with Crippen molar-refractivity contribution in [2.45, 2.75) is 32.2 Å². The lowest BCUT2D eigenvalue weighted by molar-refractivity contribution is -0.123. The molecule has 0 aliphatic rings. The second-order valence-electron chi connectivity index (χ2n) is 6.03. The van der Waals surface area contributed by atoms with Crippen LogP contribution >= 0.6 is 0 Å². The molecule has 0 aromatic heterocycles. The quantitative estimate of drug-likeness (QED) is 0.824. The van der Waals surface area contributed by atoms with Crippen LogP contribution in [-0.2, 0) is 4.79 Å². The highest BCUT2D eigenvalue weighted by Crippen LogP contribution is 2.23. The summed E-state index contributed by atoms with van der Waals surface area (Å²) >= 11 is 0. The predicted molar refractivity (Wildman–Crippen MR) is 95.2 cm³/mol. The van der Waals surface area contributed by atoms with Crippen LogP contribution in [0.25, 0.3) is 0 Å². The summed E-state index contributed by atoms with van der Waals surface area (Å²) in [7, 11) is 0. The van der Waals surface area contributed by atoms with Gasteiger partial charge in [-0.05, 0) is 17.0 Å². The molecule has 3 nitrogen and oxygen atoms in total. The number of benzene rings is 2. The van der Waals surface area contributed by atoms with Crippen LogP contribution in [0.3, 0.4) is 0 Å². The van der Waals surface area contributed by atoms with Gasteiger partial charge in [0.2, 0.25) is 5.91 Å². The Kier molecular flexibility index (Phi) is 6.36. The monoisotopic (exact) mass is 310 g/mol. The summed E-state index contributed by atoms with van der Waals surface area (Å²) in [6.45, 7) is 4.61. The molecule has 3 heteroatoms. The number of hydrogen-bond acceptors (Lipinski definition) is 2. The maximum atomic E-state index is 12.3. The van der Waals surface area contributed by atoms with Crippen LogP contribution < -0.4 is 11.1 Å². The molecule has 2 atom stereocenters. The Bertz CT molecular complexity index is 558. The van der Waals surface area contributed by atoms with Gasteiger partial charge < -0.3 is 11.1 Å². The molecule has 3 N–H and O–H groups in total. The van der Waals surface area contributed by atoms with E-state index >= 15 is 0 Å². The van der Waals surface area contributed by atoms with E-state index in [-0.39, 0.29) is 17.7 Å². The van der Waals surface area contributed by atoms with Crippen molar-refractivity contribution in [2.75, 3.05) is 6.54 Å². The van der Waals surface area contributed by atoms with Crippen molar-refractivity contribution in [3.8, 4) is 0 Å². The van der Waals surface area contributed by atoms with E-state index < -0.39 is 6.04 Å². The van der Waals surface area contributed by atoms with E-state index in [1.165, 1.54) is 11.1 Å². The smallest absolute Gasteiger partial charge is 0.237 e. The first-order valence-corrected chi connectivity index (χ1v) is 8.26. The molecule has 2 unspecified atom stereocenters. The van der Waals surface area contributed by atoms with Gasteiger partial charge in [0.25, 0.3) is 0 Å². The Morgan fingerprint density at radius 3 is 1.91 bits per heavy atom. The maximum absolute atomic E-state index is 12.3. The molecule has 0 saturated carbocycles. The van der Waals surface area contributed by atoms with Crippen molar-refractivity contribution in [2.24, 2.45) is 11.7 Å². The molecule has 0 spiro atoms. The summed E-state index contributed by atoms with van der Waals surface area (Å²) in [5, 5.41) is 3.03. The van der Waals surface area contributed by atoms with Crippen LogP contribution in [0.2, 0.25) is 0 Å². The van der Waals surface area contributed by atoms with Crippen molar-refractivity contribution in [1.29, 1.82) is 0 Å². The average Bonchev–Trinajstić information content (AvgIpc) is 2.62. The fourth-order valence-electron chi connectivity index (χ4n) is 2.63. The van der Waals surface area contributed by atoms with Gasteiger partial charge in [-0.2, -0.15) is 0 Å². The first-order valence-electron chi connectivity index (χ1n) is 8.26. The van der Waals surface area contributed by atoms with E-state index in [2.05, 4.69) is 36.5 Å². The summed E-state index contributed by atoms with van der Waals surface area (Å²) in [4.78, 5) is 12.3. The molecule has 23 heavy (non-hydrogen) atoms. The van der Waals surface area contributed by atoms with Gasteiger partial charge in [0.15, 0.2) is 0 Å². The van der Waals surface area contributed by atoms with Crippen LogP contribution in [0.1, 0.15) is 37.3 Å². The van der Waals surface area contributed by atoms with E-state index in [0.29, 0.717) is 6.54 Å². The number of amides is 1. The molecule has 122 valence electrons. The second kappa shape index (κ2) is 8.49. The molecule has 2 aromatic rings. The molecule has 0 radical (unpaired) electrons. The fourth-order valence-corrected chi connectivity index (χ4v) is 2.63. The SMILES string of the molecule is CCC(C)C(N)C(=O)NCC(c1ccccc1)c1ccccc1. The van der Waals surface area contributed by atoms with Crippen LogP contribution in [0, 0.1) is 5.92 Å². The zero-order valence-electron chi connectivity index (χ0n) is 13.9. The first-order chi connectivity index (χ1) is 11.1. The molecular formula is C20H26N2O. The van der Waals surface area contributed by atoms with Gasteiger partial charge in [-0.15, -0.1) is 0 Å². The van der Waals surface area contributed by atoms with Gasteiger partial charge in [0, 0.05) is 12.5 Å². The molecule has 2 aromatic carbocycles. The summed E-state index contributed by atoms with van der Waals surface area (Å²) in [5.74, 6) is 0.239. The zero-order chi connectivity index (χ0) is 16.7. The fraction of sp³-hybridized carbons (Fsp3) is 0.350. The Morgan fingerprint density at radius 2 is 1.48 bits per heavy atom. The number of hydrogen-bond donors (Lipinski definition) is 2. The van der Waals surface area contributed by atoms with E-state index in [4.69, 9.17) is 5.73 Å². The minimum absolute atomic E-state index is 0.0730. The predicted octanol–water partition coefficient (Wildman–Crippen LogP) is 3.31. The van der Waals surface area contributed by atoms with E-state index in [1.54, 1.807) is 0 Å². The van der Waals surface area contributed by atoms with Gasteiger partial charge in [-0.3, -0.25) is 4.79 Å². The molecule has 1 amide bonds. The second-order valence-corrected chi connectivity index (χ2v) is 6.03. The highest BCUT2D eigenvalue weighted by atomic mass is 16.2. The Labute approximate surface area is 138 Å². The number of rotatable bonds is 7. The summed E-state index contributed by atoms with van der Waals surface area (Å²) in [6.07, 6.45) is 0.898. The number of carbonyl (C=O) groups excluding carboxylic acids is 1. The number of carbonyl (C=O) groups is 1.